The molecule has 7 aliphatic carbocycles. The van der Waals surface area contributed by atoms with Gasteiger partial charge in [0.15, 0.2) is 0 Å². The molecule has 7 fully saturated rings. The summed E-state index contributed by atoms with van der Waals surface area (Å²) in [5.74, 6) is 11.7. The van der Waals surface area contributed by atoms with Crippen molar-refractivity contribution in [1.82, 2.24) is 0 Å². The van der Waals surface area contributed by atoms with Crippen LogP contribution in [0.3, 0.4) is 0 Å². The molecule has 0 nitrogen and oxygen atoms in total. The van der Waals surface area contributed by atoms with E-state index in [9.17, 15) is 0 Å². The Labute approximate surface area is 275 Å². The van der Waals surface area contributed by atoms with Crippen molar-refractivity contribution in [2.75, 3.05) is 0 Å². The van der Waals surface area contributed by atoms with E-state index in [-0.39, 0.29) is 0 Å². The Kier molecular flexibility index (Phi) is 7.98. The van der Waals surface area contributed by atoms with Crippen molar-refractivity contribution in [1.29, 1.82) is 0 Å². The van der Waals surface area contributed by atoms with E-state index < -0.39 is 0 Å². The summed E-state index contributed by atoms with van der Waals surface area (Å²) in [4.78, 5) is 0. The molecular weight excluding hydrogens is 528 g/mol. The maximum absolute atomic E-state index is 4.34. The molecule has 0 saturated heterocycles. The highest BCUT2D eigenvalue weighted by molar-refractivity contribution is 5.15. The van der Waals surface area contributed by atoms with E-state index in [1.807, 2.05) is 0 Å². The minimum atomic E-state index is 0.496. The lowest BCUT2D eigenvalue weighted by Crippen LogP contribution is -2.51. The quantitative estimate of drug-likeness (QED) is 0.275. The van der Waals surface area contributed by atoms with Crippen LogP contribution in [0.15, 0.2) is 12.7 Å². The van der Waals surface area contributed by atoms with Gasteiger partial charge in [0.2, 0.25) is 0 Å². The molecular formula is C44H74. The lowest BCUT2D eigenvalue weighted by atomic mass is 9.46. The van der Waals surface area contributed by atoms with Crippen LogP contribution in [-0.2, 0) is 0 Å². The molecule has 0 heterocycles. The van der Waals surface area contributed by atoms with E-state index in [4.69, 9.17) is 0 Å². The zero-order valence-electron chi connectivity index (χ0n) is 31.0. The Hall–Kier alpha value is -0.260. The van der Waals surface area contributed by atoms with E-state index in [1.54, 1.807) is 51.4 Å². The maximum Gasteiger partial charge on any atom is -0.0258 e. The number of hydrogen-bond donors (Lipinski definition) is 0. The molecule has 0 bridgehead atoms. The van der Waals surface area contributed by atoms with Gasteiger partial charge in [-0.3, -0.25) is 0 Å². The predicted octanol–water partition coefficient (Wildman–Crippen LogP) is 13.0. The van der Waals surface area contributed by atoms with E-state index in [2.05, 4.69) is 75.0 Å². The SMILES string of the molecule is C=CCCC(C)(C1CCC2CCCCC21)C1C2CC3C(CC2C2CC4C(CC21)C(C)(C)CCC4(C)C)C(C)(C)CCC3(C)C. The van der Waals surface area contributed by atoms with Gasteiger partial charge in [-0.05, 0) is 182 Å². The summed E-state index contributed by atoms with van der Waals surface area (Å²) in [6.45, 7) is 28.8. The molecule has 0 aliphatic heterocycles. The molecule has 0 N–H and O–H groups in total. The summed E-state index contributed by atoms with van der Waals surface area (Å²) in [6.07, 6.45) is 26.2. The van der Waals surface area contributed by atoms with Crippen molar-refractivity contribution in [3.8, 4) is 0 Å². The van der Waals surface area contributed by atoms with Crippen LogP contribution in [0.2, 0.25) is 0 Å². The van der Waals surface area contributed by atoms with Crippen LogP contribution >= 0.6 is 0 Å². The third-order valence-corrected chi connectivity index (χ3v) is 18.3. The molecule has 0 aromatic rings. The van der Waals surface area contributed by atoms with Crippen molar-refractivity contribution >= 4 is 0 Å². The molecule has 7 aliphatic rings. The Morgan fingerprint density at radius 3 is 1.45 bits per heavy atom. The van der Waals surface area contributed by atoms with Gasteiger partial charge in [0, 0.05) is 0 Å². The zero-order valence-corrected chi connectivity index (χ0v) is 31.0. The van der Waals surface area contributed by atoms with Crippen molar-refractivity contribution in [2.45, 2.75) is 165 Å². The molecule has 44 heavy (non-hydrogen) atoms. The highest BCUT2D eigenvalue weighted by Gasteiger charge is 2.67. The first-order chi connectivity index (χ1) is 20.6. The second-order valence-electron chi connectivity index (χ2n) is 21.7. The molecule has 0 heteroatoms. The van der Waals surface area contributed by atoms with E-state index in [0.29, 0.717) is 27.1 Å². The standard InChI is InChI=1S/C44H74/c1-11-12-19-44(10,34-18-17-28-15-13-14-16-29(28)34)39-32-26-37-35(40(2,3)20-22-42(37,6)7)24-30(32)31-25-36-38(27-33(31)39)43(8,9)23-21-41(36,4)5/h11,28-39H,1,12-27H2,2-10H3. The monoisotopic (exact) mass is 603 g/mol. The molecule has 7 rings (SSSR count). The lowest BCUT2D eigenvalue weighted by molar-refractivity contribution is -0.0969. The largest absolute Gasteiger partial charge is 0.103 e. The molecule has 0 radical (unpaired) electrons. The minimum Gasteiger partial charge on any atom is -0.103 e. The van der Waals surface area contributed by atoms with Crippen LogP contribution < -0.4 is 0 Å². The summed E-state index contributed by atoms with van der Waals surface area (Å²) in [7, 11) is 0. The first-order valence-electron chi connectivity index (χ1n) is 20.2. The highest BCUT2D eigenvalue weighted by atomic mass is 14.7. The first kappa shape index (κ1) is 32.3. The van der Waals surface area contributed by atoms with Crippen LogP contribution in [0.4, 0.5) is 0 Å². The fourth-order valence-corrected chi connectivity index (χ4v) is 15.7. The third-order valence-electron chi connectivity index (χ3n) is 18.3. The van der Waals surface area contributed by atoms with E-state index >= 15 is 0 Å². The second-order valence-corrected chi connectivity index (χ2v) is 21.7. The van der Waals surface area contributed by atoms with Gasteiger partial charge in [-0.25, -0.2) is 0 Å². The van der Waals surface area contributed by atoms with Crippen molar-refractivity contribution in [3.05, 3.63) is 12.7 Å². The molecule has 0 amide bonds. The van der Waals surface area contributed by atoms with Crippen molar-refractivity contribution < 1.29 is 0 Å². The normalized spacial score (nSPS) is 49.4. The maximum atomic E-state index is 4.34. The van der Waals surface area contributed by atoms with Gasteiger partial charge < -0.3 is 0 Å². The second kappa shape index (κ2) is 10.9. The molecule has 0 aromatic carbocycles. The average molecular weight is 603 g/mol. The summed E-state index contributed by atoms with van der Waals surface area (Å²) >= 11 is 0. The molecule has 12 unspecified atom stereocenters. The highest BCUT2D eigenvalue weighted by Crippen LogP contribution is 2.74. The van der Waals surface area contributed by atoms with Crippen molar-refractivity contribution in [2.24, 2.45) is 98.1 Å². The van der Waals surface area contributed by atoms with Gasteiger partial charge in [-0.1, -0.05) is 87.7 Å². The van der Waals surface area contributed by atoms with Crippen LogP contribution in [-0.4, -0.2) is 0 Å². The average Bonchev–Trinajstić information content (AvgIpc) is 3.55. The number of rotatable bonds is 5. The fraction of sp³-hybridized carbons (Fsp3) is 0.955. The van der Waals surface area contributed by atoms with Crippen LogP contribution in [0, 0.1) is 98.1 Å². The smallest absolute Gasteiger partial charge is 0.0258 e. The lowest BCUT2D eigenvalue weighted by Gasteiger charge is -2.59. The van der Waals surface area contributed by atoms with Gasteiger partial charge >= 0.3 is 0 Å². The Bertz CT molecular complexity index is 1010. The Morgan fingerprint density at radius 2 is 1.00 bits per heavy atom. The van der Waals surface area contributed by atoms with Gasteiger partial charge in [0.05, 0.1) is 0 Å². The van der Waals surface area contributed by atoms with Crippen molar-refractivity contribution in [3.63, 3.8) is 0 Å². The van der Waals surface area contributed by atoms with E-state index in [1.165, 1.54) is 51.4 Å². The van der Waals surface area contributed by atoms with Gasteiger partial charge in [0.25, 0.3) is 0 Å². The molecule has 250 valence electrons. The fourth-order valence-electron chi connectivity index (χ4n) is 15.7. The van der Waals surface area contributed by atoms with E-state index in [0.717, 1.165) is 71.0 Å². The molecule has 0 spiro atoms. The van der Waals surface area contributed by atoms with Gasteiger partial charge in [0.1, 0.15) is 0 Å². The van der Waals surface area contributed by atoms with Crippen LogP contribution in [0.5, 0.6) is 0 Å². The predicted molar refractivity (Wildman–Crippen MR) is 189 cm³/mol. The minimum absolute atomic E-state index is 0.496. The number of fused-ring (bicyclic) bond motifs is 6. The molecule has 7 saturated carbocycles. The molecule has 12 atom stereocenters. The summed E-state index contributed by atoms with van der Waals surface area (Å²) in [6, 6.07) is 0. The number of allylic oxidation sites excluding steroid dienone is 1. The molecule has 0 aromatic heterocycles. The summed E-state index contributed by atoms with van der Waals surface area (Å²) in [5, 5.41) is 0. The Balaban J connectivity index is 1.33. The van der Waals surface area contributed by atoms with Gasteiger partial charge in [-0.2, -0.15) is 0 Å². The topological polar surface area (TPSA) is 0 Å². The van der Waals surface area contributed by atoms with Gasteiger partial charge in [-0.15, -0.1) is 6.58 Å². The summed E-state index contributed by atoms with van der Waals surface area (Å²) < 4.78 is 0. The zero-order chi connectivity index (χ0) is 31.4. The van der Waals surface area contributed by atoms with Crippen LogP contribution in [0.25, 0.3) is 0 Å². The van der Waals surface area contributed by atoms with Crippen LogP contribution in [0.1, 0.15) is 165 Å². The summed E-state index contributed by atoms with van der Waals surface area (Å²) in [5.41, 5.74) is 2.57. The Morgan fingerprint density at radius 1 is 0.568 bits per heavy atom. The first-order valence-corrected chi connectivity index (χ1v) is 20.2. The number of hydrogen-bond acceptors (Lipinski definition) is 0. The third kappa shape index (κ3) is 4.91.